The van der Waals surface area contributed by atoms with Gasteiger partial charge in [0.05, 0.1) is 6.61 Å². The Bertz CT molecular complexity index is 980. The topological polar surface area (TPSA) is 84.5 Å². The third-order valence-corrected chi connectivity index (χ3v) is 5.19. The normalized spacial score (nSPS) is 19.6. The number of ether oxygens (including phenoxy) is 2. The highest BCUT2D eigenvalue weighted by Gasteiger charge is 2.39. The van der Waals surface area contributed by atoms with Crippen LogP contribution in [-0.2, 0) is 19.1 Å². The number of likely N-dealkylation sites (tertiary alicyclic amines) is 1. The lowest BCUT2D eigenvalue weighted by atomic mass is 9.99. The van der Waals surface area contributed by atoms with E-state index in [1.165, 1.54) is 0 Å². The van der Waals surface area contributed by atoms with Gasteiger partial charge < -0.3 is 19.4 Å². The van der Waals surface area contributed by atoms with Crippen molar-refractivity contribution < 1.29 is 19.1 Å². The molecule has 4 rings (SSSR count). The van der Waals surface area contributed by atoms with E-state index in [1.807, 2.05) is 17.0 Å². The summed E-state index contributed by atoms with van der Waals surface area (Å²) in [4.78, 5) is 34.8. The molecular weight excluding hydrogens is 358 g/mol. The number of piperidine rings is 1. The number of ketones is 1. The Morgan fingerprint density at radius 1 is 1.43 bits per heavy atom. The zero-order valence-electron chi connectivity index (χ0n) is 16.0. The first-order chi connectivity index (χ1) is 13.6. The van der Waals surface area contributed by atoms with Crippen molar-refractivity contribution in [1.82, 2.24) is 14.9 Å². The Hall–Kier alpha value is -3.09. The summed E-state index contributed by atoms with van der Waals surface area (Å²) in [6, 6.07) is 3.75. The van der Waals surface area contributed by atoms with Crippen molar-refractivity contribution in [3.8, 4) is 0 Å². The maximum absolute atomic E-state index is 13.0. The van der Waals surface area contributed by atoms with Crippen LogP contribution in [0.3, 0.4) is 0 Å². The number of aromatic amines is 1. The number of allylic oxidation sites excluding steroid dienone is 1. The molecule has 4 heterocycles. The first-order valence-electron chi connectivity index (χ1n) is 9.61. The van der Waals surface area contributed by atoms with Gasteiger partial charge in [-0.2, -0.15) is 0 Å². The first-order valence-corrected chi connectivity index (χ1v) is 9.61. The summed E-state index contributed by atoms with van der Waals surface area (Å²) in [7, 11) is 0. The van der Waals surface area contributed by atoms with Gasteiger partial charge in [-0.25, -0.2) is 9.78 Å². The standard InChI is InChI=1S/C21H23N3O4/c1-3-27-21(26)17-18(25)16(28-20(17)24-9-6-13(2)7-10-24)11-14-12-23-19-15(14)5-4-8-22-19/h4-5,8,11-13H,3,6-7,9-10H2,1-2H3,(H,22,23). The van der Waals surface area contributed by atoms with E-state index in [0.29, 0.717) is 11.8 Å². The third kappa shape index (κ3) is 3.28. The highest BCUT2D eigenvalue weighted by Crippen LogP contribution is 2.33. The molecule has 0 saturated carbocycles. The summed E-state index contributed by atoms with van der Waals surface area (Å²) >= 11 is 0. The smallest absolute Gasteiger partial charge is 0.347 e. The Labute approximate surface area is 163 Å². The van der Waals surface area contributed by atoms with Crippen molar-refractivity contribution in [3.05, 3.63) is 47.3 Å². The lowest BCUT2D eigenvalue weighted by Gasteiger charge is -2.32. The van der Waals surface area contributed by atoms with Crippen LogP contribution in [-0.4, -0.2) is 46.3 Å². The van der Waals surface area contributed by atoms with E-state index in [2.05, 4.69) is 16.9 Å². The van der Waals surface area contributed by atoms with Crippen LogP contribution < -0.4 is 0 Å². The van der Waals surface area contributed by atoms with Gasteiger partial charge in [0.25, 0.3) is 0 Å². The molecule has 0 bridgehead atoms. The summed E-state index contributed by atoms with van der Waals surface area (Å²) < 4.78 is 11.1. The minimum atomic E-state index is -0.634. The Morgan fingerprint density at radius 2 is 2.21 bits per heavy atom. The van der Waals surface area contributed by atoms with Gasteiger partial charge in [0.2, 0.25) is 11.7 Å². The van der Waals surface area contributed by atoms with Crippen molar-refractivity contribution in [2.45, 2.75) is 26.7 Å². The lowest BCUT2D eigenvalue weighted by Crippen LogP contribution is -2.33. The zero-order valence-corrected chi connectivity index (χ0v) is 16.0. The van der Waals surface area contributed by atoms with Crippen LogP contribution in [0.1, 0.15) is 32.3 Å². The van der Waals surface area contributed by atoms with Crippen LogP contribution in [0.15, 0.2) is 41.7 Å². The summed E-state index contributed by atoms with van der Waals surface area (Å²) in [5, 5.41) is 0.879. The van der Waals surface area contributed by atoms with Gasteiger partial charge >= 0.3 is 5.97 Å². The van der Waals surface area contributed by atoms with Crippen molar-refractivity contribution in [1.29, 1.82) is 0 Å². The number of nitrogens with one attached hydrogen (secondary N) is 1. The van der Waals surface area contributed by atoms with Crippen molar-refractivity contribution in [2.24, 2.45) is 5.92 Å². The average Bonchev–Trinajstić information content (AvgIpc) is 3.25. The molecule has 7 nitrogen and oxygen atoms in total. The molecule has 7 heteroatoms. The molecule has 0 spiro atoms. The lowest BCUT2D eigenvalue weighted by molar-refractivity contribution is -0.139. The molecule has 0 radical (unpaired) electrons. The van der Waals surface area contributed by atoms with Gasteiger partial charge in [0.15, 0.2) is 11.3 Å². The monoisotopic (exact) mass is 381 g/mol. The Kier molecular flexibility index (Phi) is 4.90. The number of hydrogen-bond acceptors (Lipinski definition) is 6. The molecule has 0 atom stereocenters. The van der Waals surface area contributed by atoms with Gasteiger partial charge in [-0.1, -0.05) is 6.92 Å². The second kappa shape index (κ2) is 7.50. The Morgan fingerprint density at radius 3 is 2.96 bits per heavy atom. The number of rotatable bonds is 4. The molecule has 0 amide bonds. The molecule has 2 aromatic heterocycles. The fourth-order valence-corrected chi connectivity index (χ4v) is 3.57. The van der Waals surface area contributed by atoms with Crippen LogP contribution in [0, 0.1) is 5.92 Å². The number of pyridine rings is 1. The maximum atomic E-state index is 13.0. The largest absolute Gasteiger partial charge is 0.462 e. The molecule has 2 aromatic rings. The summed E-state index contributed by atoms with van der Waals surface area (Å²) in [5.74, 6) is -0.00912. The summed E-state index contributed by atoms with van der Waals surface area (Å²) in [5.41, 5.74) is 1.49. The van der Waals surface area contributed by atoms with Gasteiger partial charge in [0.1, 0.15) is 5.65 Å². The van der Waals surface area contributed by atoms with E-state index in [9.17, 15) is 9.59 Å². The summed E-state index contributed by atoms with van der Waals surface area (Å²) in [6.07, 6.45) is 7.10. The molecule has 0 aliphatic carbocycles. The Balaban J connectivity index is 1.69. The second-order valence-electron chi connectivity index (χ2n) is 7.15. The van der Waals surface area contributed by atoms with Gasteiger partial charge in [-0.15, -0.1) is 0 Å². The number of nitrogens with zero attached hydrogens (tertiary/aromatic N) is 2. The molecule has 0 unspecified atom stereocenters. The molecule has 1 fully saturated rings. The number of H-pyrrole nitrogens is 1. The molecule has 146 valence electrons. The number of esters is 1. The molecular formula is C21H23N3O4. The fourth-order valence-electron chi connectivity index (χ4n) is 3.57. The van der Waals surface area contributed by atoms with Crippen LogP contribution in [0.25, 0.3) is 17.1 Å². The van der Waals surface area contributed by atoms with E-state index < -0.39 is 11.8 Å². The minimum absolute atomic E-state index is 0.0133. The van der Waals surface area contributed by atoms with E-state index in [4.69, 9.17) is 9.47 Å². The molecule has 2 aliphatic heterocycles. The van der Waals surface area contributed by atoms with Crippen molar-refractivity contribution in [2.75, 3.05) is 19.7 Å². The van der Waals surface area contributed by atoms with E-state index >= 15 is 0 Å². The van der Waals surface area contributed by atoms with E-state index in [1.54, 1.807) is 25.4 Å². The second-order valence-corrected chi connectivity index (χ2v) is 7.15. The minimum Gasteiger partial charge on any atom is -0.462 e. The van der Waals surface area contributed by atoms with E-state index in [-0.39, 0.29) is 17.9 Å². The number of fused-ring (bicyclic) bond motifs is 1. The van der Waals surface area contributed by atoms with Crippen LogP contribution in [0.4, 0.5) is 0 Å². The number of Topliss-reactive ketones (excluding diaryl/α,β-unsaturated/α-hetero) is 1. The molecule has 1 saturated heterocycles. The van der Waals surface area contributed by atoms with Crippen molar-refractivity contribution in [3.63, 3.8) is 0 Å². The van der Waals surface area contributed by atoms with Gasteiger partial charge in [-0.05, 0) is 43.9 Å². The van der Waals surface area contributed by atoms with Crippen molar-refractivity contribution >= 4 is 28.9 Å². The average molecular weight is 381 g/mol. The molecule has 1 N–H and O–H groups in total. The quantitative estimate of drug-likeness (QED) is 0.498. The molecule has 0 aromatic carbocycles. The predicted octanol–water partition coefficient (Wildman–Crippen LogP) is 3.01. The molecule has 28 heavy (non-hydrogen) atoms. The highest BCUT2D eigenvalue weighted by atomic mass is 16.5. The van der Waals surface area contributed by atoms with Gasteiger partial charge in [0, 0.05) is 36.4 Å². The highest BCUT2D eigenvalue weighted by molar-refractivity contribution is 6.26. The first kappa shape index (κ1) is 18.3. The van der Waals surface area contributed by atoms with Crippen LogP contribution in [0.2, 0.25) is 0 Å². The van der Waals surface area contributed by atoms with E-state index in [0.717, 1.165) is 42.5 Å². The van der Waals surface area contributed by atoms with Crippen LogP contribution in [0.5, 0.6) is 0 Å². The fraction of sp³-hybridized carbons (Fsp3) is 0.381. The number of carbonyl (C=O) groups excluding carboxylic acids is 2. The number of carbonyl (C=O) groups is 2. The predicted molar refractivity (Wildman–Crippen MR) is 104 cm³/mol. The third-order valence-electron chi connectivity index (χ3n) is 5.19. The van der Waals surface area contributed by atoms with Crippen LogP contribution >= 0.6 is 0 Å². The number of hydrogen-bond donors (Lipinski definition) is 1. The SMILES string of the molecule is CCOC(=O)C1=C(N2CCC(C)CC2)OC(=Cc2c[nH]c3ncccc23)C1=O. The maximum Gasteiger partial charge on any atom is 0.347 e. The number of aromatic nitrogens is 2. The van der Waals surface area contributed by atoms with Gasteiger partial charge in [-0.3, -0.25) is 4.79 Å². The summed E-state index contributed by atoms with van der Waals surface area (Å²) in [6.45, 7) is 5.62. The zero-order chi connectivity index (χ0) is 19.7. The molecule has 2 aliphatic rings.